The normalized spacial score (nSPS) is 14.2. The third-order valence-electron chi connectivity index (χ3n) is 5.39. The lowest BCUT2D eigenvalue weighted by Crippen LogP contribution is -2.47. The number of hydrogen-bond donors (Lipinski definition) is 0. The van der Waals surface area contributed by atoms with Gasteiger partial charge in [-0.05, 0) is 30.3 Å². The predicted octanol–water partition coefficient (Wildman–Crippen LogP) is 3.17. The van der Waals surface area contributed by atoms with Crippen LogP contribution in [0.2, 0.25) is 0 Å². The maximum Gasteiger partial charge on any atom is 0.292 e. The molecule has 0 aliphatic carbocycles. The number of anilines is 2. The molecule has 1 fully saturated rings. The number of para-hydroxylation sites is 2. The van der Waals surface area contributed by atoms with E-state index in [-0.39, 0.29) is 16.4 Å². The van der Waals surface area contributed by atoms with Crippen LogP contribution < -0.4 is 9.80 Å². The van der Waals surface area contributed by atoms with Crippen LogP contribution in [-0.2, 0) is 0 Å². The lowest BCUT2D eigenvalue weighted by molar-refractivity contribution is -0.384. The number of piperazine rings is 1. The Balaban J connectivity index is 1.40. The summed E-state index contributed by atoms with van der Waals surface area (Å²) >= 11 is 0. The Morgan fingerprint density at radius 3 is 2.35 bits per heavy atom. The molecule has 5 rings (SSSR count). The van der Waals surface area contributed by atoms with Gasteiger partial charge in [-0.1, -0.05) is 24.3 Å². The highest BCUT2D eigenvalue weighted by atomic mass is 19.1. The van der Waals surface area contributed by atoms with Crippen molar-refractivity contribution >= 4 is 22.8 Å². The van der Waals surface area contributed by atoms with Gasteiger partial charge >= 0.3 is 0 Å². The number of rotatable bonds is 4. The Hall–Kier alpha value is -4.08. The van der Waals surface area contributed by atoms with Gasteiger partial charge in [-0.25, -0.2) is 4.39 Å². The highest BCUT2D eigenvalue weighted by Gasteiger charge is 2.24. The van der Waals surface area contributed by atoms with E-state index in [4.69, 9.17) is 0 Å². The summed E-state index contributed by atoms with van der Waals surface area (Å²) in [6.45, 7) is 2.52. The summed E-state index contributed by atoms with van der Waals surface area (Å²) in [7, 11) is 0. The number of benzene rings is 2. The molecule has 0 saturated carbocycles. The molecule has 3 heterocycles. The summed E-state index contributed by atoms with van der Waals surface area (Å²) in [5, 5.41) is 24.2. The number of halogens is 1. The number of nitro groups is 1. The Labute approximate surface area is 176 Å². The number of hydrogen-bond acceptors (Lipinski definition) is 7. The lowest BCUT2D eigenvalue weighted by Gasteiger charge is -2.36. The average molecular weight is 419 g/mol. The molecule has 156 valence electrons. The summed E-state index contributed by atoms with van der Waals surface area (Å²) in [6, 6.07) is 16.8. The van der Waals surface area contributed by atoms with Crippen LogP contribution in [0.1, 0.15) is 0 Å². The maximum atomic E-state index is 14.3. The summed E-state index contributed by atoms with van der Waals surface area (Å²) < 4.78 is 15.8. The summed E-state index contributed by atoms with van der Waals surface area (Å²) in [4.78, 5) is 15.1. The fourth-order valence-electron chi connectivity index (χ4n) is 3.82. The molecule has 0 bridgehead atoms. The molecule has 0 N–H and O–H groups in total. The van der Waals surface area contributed by atoms with Crippen molar-refractivity contribution in [2.75, 3.05) is 36.0 Å². The van der Waals surface area contributed by atoms with E-state index in [9.17, 15) is 14.5 Å². The molecule has 1 aliphatic rings. The van der Waals surface area contributed by atoms with E-state index in [1.54, 1.807) is 47.0 Å². The molecular formula is C21H18FN7O2. The smallest absolute Gasteiger partial charge is 0.292 e. The molecule has 9 nitrogen and oxygen atoms in total. The van der Waals surface area contributed by atoms with Gasteiger partial charge in [-0.15, -0.1) is 15.3 Å². The topological polar surface area (TPSA) is 92.7 Å². The third kappa shape index (κ3) is 3.41. The van der Waals surface area contributed by atoms with E-state index >= 15 is 0 Å². The molecule has 31 heavy (non-hydrogen) atoms. The Kier molecular flexibility index (Phi) is 4.66. The van der Waals surface area contributed by atoms with Crippen LogP contribution in [-0.4, -0.2) is 50.9 Å². The number of nitrogens with zero attached hydrogens (tertiary/aromatic N) is 7. The molecule has 0 unspecified atom stereocenters. The van der Waals surface area contributed by atoms with Crippen LogP contribution in [0.4, 0.5) is 21.6 Å². The van der Waals surface area contributed by atoms with Gasteiger partial charge in [-0.2, -0.15) is 4.52 Å². The van der Waals surface area contributed by atoms with Crippen molar-refractivity contribution < 1.29 is 9.31 Å². The van der Waals surface area contributed by atoms with Gasteiger partial charge in [0, 0.05) is 32.2 Å². The Bertz CT molecular complexity index is 1270. The zero-order valence-corrected chi connectivity index (χ0v) is 16.4. The minimum atomic E-state index is -0.387. The molecular weight excluding hydrogens is 401 g/mol. The standard InChI is InChI=1S/C21H18FN7O2/c22-16-6-2-1-5-15(16)21-24-23-19-9-10-20(25-28(19)21)27-13-11-26(12-14-27)17-7-3-4-8-18(17)29(30)31/h1-10H,11-14H2. The first-order valence-corrected chi connectivity index (χ1v) is 9.82. The molecule has 10 heteroatoms. The average Bonchev–Trinajstić information content (AvgIpc) is 3.22. The maximum absolute atomic E-state index is 14.3. The SMILES string of the molecule is O=[N+]([O-])c1ccccc1N1CCN(c2ccc3nnc(-c4ccccc4F)n3n2)CC1. The highest BCUT2D eigenvalue weighted by Crippen LogP contribution is 2.29. The van der Waals surface area contributed by atoms with Crippen molar-refractivity contribution in [2.45, 2.75) is 0 Å². The van der Waals surface area contributed by atoms with Crippen LogP contribution in [0.15, 0.2) is 60.7 Å². The zero-order valence-electron chi connectivity index (χ0n) is 16.4. The van der Waals surface area contributed by atoms with Crippen molar-refractivity contribution in [1.82, 2.24) is 19.8 Å². The van der Waals surface area contributed by atoms with E-state index in [1.165, 1.54) is 12.1 Å². The van der Waals surface area contributed by atoms with Gasteiger partial charge in [0.15, 0.2) is 11.5 Å². The third-order valence-corrected chi connectivity index (χ3v) is 5.39. The molecule has 4 aromatic rings. The predicted molar refractivity (Wildman–Crippen MR) is 114 cm³/mol. The van der Waals surface area contributed by atoms with Crippen LogP contribution in [0.25, 0.3) is 17.0 Å². The largest absolute Gasteiger partial charge is 0.362 e. The highest BCUT2D eigenvalue weighted by molar-refractivity contribution is 5.64. The van der Waals surface area contributed by atoms with Gasteiger partial charge in [0.25, 0.3) is 5.69 Å². The lowest BCUT2D eigenvalue weighted by atomic mass is 10.2. The summed E-state index contributed by atoms with van der Waals surface area (Å²) in [6.07, 6.45) is 0. The van der Waals surface area contributed by atoms with Crippen molar-refractivity contribution in [3.05, 3.63) is 76.6 Å². The molecule has 0 atom stereocenters. The molecule has 2 aromatic heterocycles. The van der Waals surface area contributed by atoms with Gasteiger partial charge in [0.2, 0.25) is 0 Å². The second-order valence-corrected chi connectivity index (χ2v) is 7.18. The first kappa shape index (κ1) is 18.9. The van der Waals surface area contributed by atoms with Gasteiger partial charge < -0.3 is 9.80 Å². The summed E-state index contributed by atoms with van der Waals surface area (Å²) in [5.74, 6) is 0.669. The number of fused-ring (bicyclic) bond motifs is 1. The van der Waals surface area contributed by atoms with Crippen molar-refractivity contribution in [1.29, 1.82) is 0 Å². The van der Waals surface area contributed by atoms with Gasteiger partial charge in [-0.3, -0.25) is 10.1 Å². The molecule has 0 amide bonds. The van der Waals surface area contributed by atoms with Crippen LogP contribution >= 0.6 is 0 Å². The number of aromatic nitrogens is 4. The first-order valence-electron chi connectivity index (χ1n) is 9.82. The number of nitro benzene ring substituents is 1. The molecule has 0 radical (unpaired) electrons. The van der Waals surface area contributed by atoms with Crippen molar-refractivity contribution in [3.8, 4) is 11.4 Å². The van der Waals surface area contributed by atoms with E-state index < -0.39 is 0 Å². The van der Waals surface area contributed by atoms with Crippen molar-refractivity contribution in [2.24, 2.45) is 0 Å². The minimum Gasteiger partial charge on any atom is -0.362 e. The Morgan fingerprint density at radius 2 is 1.58 bits per heavy atom. The van der Waals surface area contributed by atoms with Crippen molar-refractivity contribution in [3.63, 3.8) is 0 Å². The molecule has 0 spiro atoms. The zero-order chi connectivity index (χ0) is 21.4. The first-order chi connectivity index (χ1) is 15.1. The molecule has 1 aliphatic heterocycles. The van der Waals surface area contributed by atoms with Crippen LogP contribution in [0.5, 0.6) is 0 Å². The fourth-order valence-corrected chi connectivity index (χ4v) is 3.82. The monoisotopic (exact) mass is 419 g/mol. The van der Waals surface area contributed by atoms with E-state index in [0.29, 0.717) is 54.7 Å². The fraction of sp³-hybridized carbons (Fsp3) is 0.190. The van der Waals surface area contributed by atoms with Gasteiger partial charge in [0.1, 0.15) is 17.3 Å². The molecule has 2 aromatic carbocycles. The quantitative estimate of drug-likeness (QED) is 0.371. The van der Waals surface area contributed by atoms with Gasteiger partial charge in [0.05, 0.1) is 10.5 Å². The van der Waals surface area contributed by atoms with E-state index in [1.807, 2.05) is 11.0 Å². The Morgan fingerprint density at radius 1 is 0.871 bits per heavy atom. The molecule has 1 saturated heterocycles. The van der Waals surface area contributed by atoms with Crippen LogP contribution in [0, 0.1) is 15.9 Å². The van der Waals surface area contributed by atoms with E-state index in [0.717, 1.165) is 0 Å². The van der Waals surface area contributed by atoms with E-state index in [2.05, 4.69) is 20.2 Å². The minimum absolute atomic E-state index is 0.106. The summed E-state index contributed by atoms with van der Waals surface area (Å²) in [5.41, 5.74) is 1.59. The second-order valence-electron chi connectivity index (χ2n) is 7.18. The van der Waals surface area contributed by atoms with Crippen LogP contribution in [0.3, 0.4) is 0 Å². The second kappa shape index (κ2) is 7.63.